The molecule has 2 aromatic heterocycles. The Morgan fingerprint density at radius 1 is 1.07 bits per heavy atom. The van der Waals surface area contributed by atoms with E-state index < -0.39 is 0 Å². The van der Waals surface area contributed by atoms with Gasteiger partial charge in [0.1, 0.15) is 17.8 Å². The molecular formula is C18H23N7O2. The smallest absolute Gasteiger partial charge is 0.327 e. The summed E-state index contributed by atoms with van der Waals surface area (Å²) < 4.78 is 0. The Morgan fingerprint density at radius 2 is 1.81 bits per heavy atom. The van der Waals surface area contributed by atoms with Crippen LogP contribution in [0.2, 0.25) is 0 Å². The number of fused-ring (bicyclic) bond motifs is 2. The average molecular weight is 369 g/mol. The van der Waals surface area contributed by atoms with Gasteiger partial charge in [0.15, 0.2) is 0 Å². The quantitative estimate of drug-likeness (QED) is 0.832. The van der Waals surface area contributed by atoms with Gasteiger partial charge in [0.25, 0.3) is 0 Å². The maximum atomic E-state index is 12.3. The van der Waals surface area contributed by atoms with Crippen molar-refractivity contribution in [3.8, 4) is 0 Å². The highest BCUT2D eigenvalue weighted by molar-refractivity contribution is 5.96. The molecule has 2 aromatic rings. The zero-order chi connectivity index (χ0) is 18.7. The first-order valence-corrected chi connectivity index (χ1v) is 9.33. The SMILES string of the molecule is CN1C(=O)CC(N2CC3CN(c4ncnc5[nH]ccc45)CC3C2)N(C)C1=O. The summed E-state index contributed by atoms with van der Waals surface area (Å²) in [6, 6.07) is 1.81. The number of rotatable bonds is 2. The zero-order valence-corrected chi connectivity index (χ0v) is 15.5. The van der Waals surface area contributed by atoms with E-state index in [0.717, 1.165) is 43.0 Å². The van der Waals surface area contributed by atoms with E-state index in [-0.39, 0.29) is 18.1 Å². The van der Waals surface area contributed by atoms with E-state index in [9.17, 15) is 9.59 Å². The van der Waals surface area contributed by atoms with Crippen molar-refractivity contribution in [2.24, 2.45) is 11.8 Å². The molecule has 3 fully saturated rings. The van der Waals surface area contributed by atoms with Crippen LogP contribution in [0.5, 0.6) is 0 Å². The molecule has 0 radical (unpaired) electrons. The highest BCUT2D eigenvalue weighted by Gasteiger charge is 2.46. The van der Waals surface area contributed by atoms with Gasteiger partial charge in [-0.25, -0.2) is 14.8 Å². The highest BCUT2D eigenvalue weighted by Crippen LogP contribution is 2.37. The minimum absolute atomic E-state index is 0.0994. The monoisotopic (exact) mass is 369 g/mol. The van der Waals surface area contributed by atoms with Crippen LogP contribution in [0.4, 0.5) is 10.6 Å². The third-order valence-corrected chi connectivity index (χ3v) is 6.34. The Bertz CT molecular complexity index is 898. The van der Waals surface area contributed by atoms with E-state index >= 15 is 0 Å². The molecule has 3 amide bonds. The van der Waals surface area contributed by atoms with Crippen molar-refractivity contribution in [3.05, 3.63) is 18.6 Å². The molecule has 0 aromatic carbocycles. The van der Waals surface area contributed by atoms with Gasteiger partial charge < -0.3 is 14.8 Å². The number of hydrogen-bond donors (Lipinski definition) is 1. The fourth-order valence-electron chi connectivity index (χ4n) is 4.83. The van der Waals surface area contributed by atoms with Crippen LogP contribution in [-0.4, -0.2) is 88.0 Å². The number of amides is 3. The number of nitrogens with one attached hydrogen (secondary N) is 1. The van der Waals surface area contributed by atoms with Gasteiger partial charge in [-0.2, -0.15) is 0 Å². The number of urea groups is 1. The summed E-state index contributed by atoms with van der Waals surface area (Å²) in [6.45, 7) is 3.69. The zero-order valence-electron chi connectivity index (χ0n) is 15.5. The Labute approximate surface area is 156 Å². The molecule has 3 unspecified atom stereocenters. The summed E-state index contributed by atoms with van der Waals surface area (Å²) in [4.78, 5) is 43.9. The van der Waals surface area contributed by atoms with Crippen molar-refractivity contribution in [2.75, 3.05) is 45.2 Å². The predicted molar refractivity (Wildman–Crippen MR) is 99.0 cm³/mol. The lowest BCUT2D eigenvalue weighted by atomic mass is 10.0. The number of anilines is 1. The lowest BCUT2D eigenvalue weighted by Gasteiger charge is -2.41. The molecule has 9 nitrogen and oxygen atoms in total. The van der Waals surface area contributed by atoms with Crippen molar-refractivity contribution in [2.45, 2.75) is 12.6 Å². The van der Waals surface area contributed by atoms with Crippen molar-refractivity contribution in [1.29, 1.82) is 0 Å². The van der Waals surface area contributed by atoms with Gasteiger partial charge in [0.2, 0.25) is 5.91 Å². The van der Waals surface area contributed by atoms with Gasteiger partial charge in [0.05, 0.1) is 18.0 Å². The molecule has 5 rings (SSSR count). The predicted octanol–water partition coefficient (Wildman–Crippen LogP) is 0.566. The summed E-state index contributed by atoms with van der Waals surface area (Å²) in [6.07, 6.45) is 3.75. The number of hydrogen-bond acceptors (Lipinski definition) is 6. The van der Waals surface area contributed by atoms with Crippen molar-refractivity contribution in [1.82, 2.24) is 29.7 Å². The molecule has 3 aliphatic rings. The van der Waals surface area contributed by atoms with Crippen LogP contribution in [0.3, 0.4) is 0 Å². The van der Waals surface area contributed by atoms with Crippen molar-refractivity contribution >= 4 is 28.8 Å². The number of likely N-dealkylation sites (tertiary alicyclic amines) is 1. The van der Waals surface area contributed by atoms with E-state index in [1.54, 1.807) is 25.3 Å². The third kappa shape index (κ3) is 2.48. The van der Waals surface area contributed by atoms with Gasteiger partial charge in [-0.3, -0.25) is 14.6 Å². The number of aromatic amines is 1. The maximum Gasteiger partial charge on any atom is 0.327 e. The minimum Gasteiger partial charge on any atom is -0.355 e. The summed E-state index contributed by atoms with van der Waals surface area (Å²) in [5.74, 6) is 1.93. The number of carbonyl (C=O) groups excluding carboxylic acids is 2. The number of H-pyrrole nitrogens is 1. The molecule has 5 heterocycles. The second-order valence-electron chi connectivity index (χ2n) is 7.85. The number of aromatic nitrogens is 3. The third-order valence-electron chi connectivity index (χ3n) is 6.34. The lowest BCUT2D eigenvalue weighted by molar-refractivity contribution is -0.133. The molecule has 3 aliphatic heterocycles. The Morgan fingerprint density at radius 3 is 2.56 bits per heavy atom. The Hall–Kier alpha value is -2.68. The van der Waals surface area contributed by atoms with Crippen molar-refractivity contribution < 1.29 is 9.59 Å². The Kier molecular flexibility index (Phi) is 3.61. The normalized spacial score (nSPS) is 29.3. The molecule has 9 heteroatoms. The standard InChI is InChI=1S/C18H23N7O2/c1-22-14(5-15(26)23(2)18(22)27)24-6-11-8-25(9-12(11)7-24)17-13-3-4-19-16(13)20-10-21-17/h3-4,10-12,14H,5-9H2,1-2H3,(H,19,20,21). The molecule has 0 saturated carbocycles. The van der Waals surface area contributed by atoms with E-state index in [1.165, 1.54) is 4.90 Å². The average Bonchev–Trinajstić information content (AvgIpc) is 3.36. The second kappa shape index (κ2) is 5.91. The summed E-state index contributed by atoms with van der Waals surface area (Å²) in [5, 5.41) is 1.06. The van der Waals surface area contributed by atoms with Crippen LogP contribution >= 0.6 is 0 Å². The van der Waals surface area contributed by atoms with E-state index in [0.29, 0.717) is 18.3 Å². The number of imide groups is 1. The largest absolute Gasteiger partial charge is 0.355 e. The fourth-order valence-corrected chi connectivity index (χ4v) is 4.83. The van der Waals surface area contributed by atoms with Crippen LogP contribution in [-0.2, 0) is 4.79 Å². The van der Waals surface area contributed by atoms with Crippen LogP contribution in [0.15, 0.2) is 18.6 Å². The summed E-state index contributed by atoms with van der Waals surface area (Å²) >= 11 is 0. The van der Waals surface area contributed by atoms with Gasteiger partial charge in [-0.15, -0.1) is 0 Å². The highest BCUT2D eigenvalue weighted by atomic mass is 16.2. The van der Waals surface area contributed by atoms with Gasteiger partial charge in [-0.1, -0.05) is 0 Å². The van der Waals surface area contributed by atoms with Crippen LogP contribution in [0, 0.1) is 11.8 Å². The molecular weight excluding hydrogens is 346 g/mol. The van der Waals surface area contributed by atoms with E-state index in [4.69, 9.17) is 0 Å². The fraction of sp³-hybridized carbons (Fsp3) is 0.556. The molecule has 0 bridgehead atoms. The van der Waals surface area contributed by atoms with Crippen molar-refractivity contribution in [3.63, 3.8) is 0 Å². The molecule has 27 heavy (non-hydrogen) atoms. The summed E-state index contributed by atoms with van der Waals surface area (Å²) in [7, 11) is 3.34. The van der Waals surface area contributed by atoms with Gasteiger partial charge >= 0.3 is 6.03 Å². The number of nitrogens with zero attached hydrogens (tertiary/aromatic N) is 6. The van der Waals surface area contributed by atoms with Crippen LogP contribution in [0.1, 0.15) is 6.42 Å². The molecule has 3 saturated heterocycles. The van der Waals surface area contributed by atoms with Crippen LogP contribution < -0.4 is 4.90 Å². The second-order valence-corrected chi connectivity index (χ2v) is 7.85. The molecule has 0 spiro atoms. The maximum absolute atomic E-state index is 12.3. The van der Waals surface area contributed by atoms with Gasteiger partial charge in [-0.05, 0) is 17.9 Å². The first-order valence-electron chi connectivity index (χ1n) is 9.33. The first kappa shape index (κ1) is 16.5. The number of carbonyl (C=O) groups is 2. The topological polar surface area (TPSA) is 88.7 Å². The lowest BCUT2D eigenvalue weighted by Crippen LogP contribution is -2.59. The van der Waals surface area contributed by atoms with E-state index in [1.807, 2.05) is 12.3 Å². The first-order chi connectivity index (χ1) is 13.0. The Balaban J connectivity index is 1.31. The minimum atomic E-state index is -0.217. The molecule has 0 aliphatic carbocycles. The summed E-state index contributed by atoms with van der Waals surface area (Å²) in [5.41, 5.74) is 0.865. The van der Waals surface area contributed by atoms with Gasteiger partial charge in [0, 0.05) is 46.5 Å². The van der Waals surface area contributed by atoms with E-state index in [2.05, 4.69) is 24.8 Å². The van der Waals surface area contributed by atoms with Crippen LogP contribution in [0.25, 0.3) is 11.0 Å². The molecule has 142 valence electrons. The molecule has 3 atom stereocenters. The molecule has 1 N–H and O–H groups in total.